The maximum atomic E-state index is 2.37. The minimum Gasteiger partial charge on any atom is -0.0617 e. The van der Waals surface area contributed by atoms with Crippen molar-refractivity contribution in [1.82, 2.24) is 0 Å². The van der Waals surface area contributed by atoms with Gasteiger partial charge in [0.1, 0.15) is 0 Å². The molecule has 0 spiro atoms. The summed E-state index contributed by atoms with van der Waals surface area (Å²) in [5.41, 5.74) is 11.0. The minimum atomic E-state index is 0.262. The van der Waals surface area contributed by atoms with Crippen molar-refractivity contribution < 1.29 is 0 Å². The van der Waals surface area contributed by atoms with E-state index in [1.54, 1.807) is 0 Å². The average Bonchev–Trinajstić information content (AvgIpc) is 2.85. The van der Waals surface area contributed by atoms with Gasteiger partial charge < -0.3 is 0 Å². The van der Waals surface area contributed by atoms with Crippen LogP contribution in [0.2, 0.25) is 0 Å². The SMILES string of the molecule is CC(C)(C)CCc1cccc(C(C)(C)C)c1.CC(C)(C)Cc1ccc(CC(C)(C)C)cc1.CC(C)(C)Cc1cccc(CC(C)(C)C)c1. The van der Waals surface area contributed by atoms with E-state index in [0.29, 0.717) is 27.1 Å². The molecule has 0 aromatic heterocycles. The number of rotatable bonds is 6. The quantitative estimate of drug-likeness (QED) is 0.248. The highest BCUT2D eigenvalue weighted by atomic mass is 14.2. The first-order valence-corrected chi connectivity index (χ1v) is 18.7. The molecule has 0 aliphatic rings. The standard InChI is InChI=1S/3C16H26/c1-15(2,3)11-13-7-9-14(10-8-13)12-16(4,5)6;1-15(2,3)11-13-8-7-9-14(10-13)12-16(4,5)6;1-15(2,3)11-10-13-8-7-9-14(12-13)16(4,5)6/h2*7-10H,11-12H2,1-6H3;7-9,12H,10-11H2,1-6H3. The third-order valence-electron chi connectivity index (χ3n) is 7.91. The van der Waals surface area contributed by atoms with E-state index in [1.165, 1.54) is 46.2 Å². The molecule has 3 aromatic carbocycles. The first-order chi connectivity index (χ1) is 21.5. The Morgan fingerprint density at radius 2 is 0.667 bits per heavy atom. The molecule has 48 heavy (non-hydrogen) atoms. The second-order valence-corrected chi connectivity index (χ2v) is 21.6. The Morgan fingerprint density at radius 3 is 1.00 bits per heavy atom. The van der Waals surface area contributed by atoms with Gasteiger partial charge in [-0.05, 0) is 104 Å². The molecule has 0 nitrogen and oxygen atoms in total. The average molecular weight is 655 g/mol. The van der Waals surface area contributed by atoms with Gasteiger partial charge in [-0.15, -0.1) is 0 Å². The molecule has 0 amide bonds. The molecule has 3 rings (SSSR count). The molecule has 0 heteroatoms. The van der Waals surface area contributed by atoms with Gasteiger partial charge in [-0.2, -0.15) is 0 Å². The van der Waals surface area contributed by atoms with Crippen LogP contribution in [0.25, 0.3) is 0 Å². The fraction of sp³-hybridized carbons (Fsp3) is 0.625. The Kier molecular flexibility index (Phi) is 16.0. The molecule has 0 aliphatic heterocycles. The molecular weight excluding hydrogens is 577 g/mol. The molecule has 0 saturated carbocycles. The van der Waals surface area contributed by atoms with Crippen LogP contribution in [-0.4, -0.2) is 0 Å². The Hall–Kier alpha value is -2.34. The maximum Gasteiger partial charge on any atom is -0.0132 e. The molecule has 0 radical (unpaired) electrons. The van der Waals surface area contributed by atoms with Crippen molar-refractivity contribution in [3.63, 3.8) is 0 Å². The van der Waals surface area contributed by atoms with Gasteiger partial charge in [-0.25, -0.2) is 0 Å². The van der Waals surface area contributed by atoms with Crippen molar-refractivity contribution in [1.29, 1.82) is 0 Å². The highest BCUT2D eigenvalue weighted by Gasteiger charge is 2.16. The topological polar surface area (TPSA) is 0 Å². The smallest absolute Gasteiger partial charge is 0.0132 e. The van der Waals surface area contributed by atoms with E-state index >= 15 is 0 Å². The van der Waals surface area contributed by atoms with Crippen LogP contribution in [0.1, 0.15) is 164 Å². The molecule has 0 aliphatic carbocycles. The van der Waals surface area contributed by atoms with E-state index in [0.717, 1.165) is 25.7 Å². The second-order valence-electron chi connectivity index (χ2n) is 21.6. The molecule has 270 valence electrons. The lowest BCUT2D eigenvalue weighted by Gasteiger charge is -2.21. The van der Waals surface area contributed by atoms with Gasteiger partial charge in [-0.3, -0.25) is 0 Å². The highest BCUT2D eigenvalue weighted by molar-refractivity contribution is 5.29. The zero-order chi connectivity index (χ0) is 37.2. The summed E-state index contributed by atoms with van der Waals surface area (Å²) in [7, 11) is 0. The molecule has 0 unspecified atom stereocenters. The lowest BCUT2D eigenvalue weighted by atomic mass is 9.84. The van der Waals surface area contributed by atoms with Gasteiger partial charge in [0.05, 0.1) is 0 Å². The van der Waals surface area contributed by atoms with E-state index in [9.17, 15) is 0 Å². The summed E-state index contributed by atoms with van der Waals surface area (Å²) in [6.07, 6.45) is 7.07. The monoisotopic (exact) mass is 655 g/mol. The zero-order valence-corrected chi connectivity index (χ0v) is 35.2. The van der Waals surface area contributed by atoms with Crippen LogP contribution in [0.3, 0.4) is 0 Å². The van der Waals surface area contributed by atoms with Gasteiger partial charge in [0.2, 0.25) is 0 Å². The first kappa shape index (κ1) is 43.7. The van der Waals surface area contributed by atoms with E-state index in [1.807, 2.05) is 0 Å². The van der Waals surface area contributed by atoms with Gasteiger partial charge in [0, 0.05) is 0 Å². The summed E-state index contributed by atoms with van der Waals surface area (Å²) in [6, 6.07) is 27.2. The molecule has 0 fully saturated rings. The predicted octanol–water partition coefficient (Wildman–Crippen LogP) is 14.7. The van der Waals surface area contributed by atoms with E-state index in [2.05, 4.69) is 197 Å². The van der Waals surface area contributed by atoms with E-state index in [4.69, 9.17) is 0 Å². The van der Waals surface area contributed by atoms with Crippen molar-refractivity contribution in [2.24, 2.45) is 27.1 Å². The maximum absolute atomic E-state index is 2.37. The van der Waals surface area contributed by atoms with Crippen LogP contribution in [0.5, 0.6) is 0 Å². The summed E-state index contributed by atoms with van der Waals surface area (Å²) in [5.74, 6) is 0. The van der Waals surface area contributed by atoms with Gasteiger partial charge in [0.25, 0.3) is 0 Å². The molecule has 0 bridgehead atoms. The summed E-state index contributed by atoms with van der Waals surface area (Å²) >= 11 is 0. The summed E-state index contributed by atoms with van der Waals surface area (Å²) in [5, 5.41) is 0. The largest absolute Gasteiger partial charge is 0.0617 e. The van der Waals surface area contributed by atoms with Crippen LogP contribution in [0, 0.1) is 27.1 Å². The third kappa shape index (κ3) is 22.3. The van der Waals surface area contributed by atoms with Crippen LogP contribution < -0.4 is 0 Å². The van der Waals surface area contributed by atoms with Gasteiger partial charge in [-0.1, -0.05) is 197 Å². The molecular formula is C48H78. The van der Waals surface area contributed by atoms with Crippen molar-refractivity contribution in [2.45, 2.75) is 169 Å². The summed E-state index contributed by atoms with van der Waals surface area (Å²) in [6.45, 7) is 41.2. The van der Waals surface area contributed by atoms with Crippen LogP contribution in [0.15, 0.2) is 72.8 Å². The Balaban J connectivity index is 0.000000360. The fourth-order valence-corrected chi connectivity index (χ4v) is 5.79. The van der Waals surface area contributed by atoms with Crippen LogP contribution in [0.4, 0.5) is 0 Å². The van der Waals surface area contributed by atoms with Gasteiger partial charge in [0.15, 0.2) is 0 Å². The van der Waals surface area contributed by atoms with Crippen molar-refractivity contribution in [3.05, 3.63) is 106 Å². The lowest BCUT2D eigenvalue weighted by molar-refractivity contribution is 0.378. The van der Waals surface area contributed by atoms with E-state index < -0.39 is 0 Å². The zero-order valence-electron chi connectivity index (χ0n) is 35.2. The molecule has 3 aromatic rings. The third-order valence-corrected chi connectivity index (χ3v) is 7.91. The number of hydrogen-bond acceptors (Lipinski definition) is 0. The van der Waals surface area contributed by atoms with Crippen LogP contribution >= 0.6 is 0 Å². The predicted molar refractivity (Wildman–Crippen MR) is 218 cm³/mol. The van der Waals surface area contributed by atoms with Crippen molar-refractivity contribution in [2.75, 3.05) is 0 Å². The summed E-state index contributed by atoms with van der Waals surface area (Å²) in [4.78, 5) is 0. The lowest BCUT2D eigenvalue weighted by Crippen LogP contribution is -2.12. The Bertz CT molecular complexity index is 1260. The van der Waals surface area contributed by atoms with Crippen molar-refractivity contribution >= 4 is 0 Å². The molecule has 0 heterocycles. The minimum absolute atomic E-state index is 0.262. The van der Waals surface area contributed by atoms with E-state index in [-0.39, 0.29) is 5.41 Å². The molecule has 0 N–H and O–H groups in total. The number of aryl methyl sites for hydroxylation is 1. The highest BCUT2D eigenvalue weighted by Crippen LogP contribution is 2.27. The first-order valence-electron chi connectivity index (χ1n) is 18.7. The molecule has 0 atom stereocenters. The van der Waals surface area contributed by atoms with Gasteiger partial charge >= 0.3 is 0 Å². The Morgan fingerprint density at radius 1 is 0.333 bits per heavy atom. The fourth-order valence-electron chi connectivity index (χ4n) is 5.79. The summed E-state index contributed by atoms with van der Waals surface area (Å²) < 4.78 is 0. The molecule has 0 saturated heterocycles. The Labute approximate surface area is 301 Å². The number of benzene rings is 3. The van der Waals surface area contributed by atoms with Crippen LogP contribution in [-0.2, 0) is 37.5 Å². The second kappa shape index (κ2) is 17.5. The van der Waals surface area contributed by atoms with Crippen molar-refractivity contribution in [3.8, 4) is 0 Å². The number of hydrogen-bond donors (Lipinski definition) is 0. The normalized spacial score (nSPS) is 12.9.